The van der Waals surface area contributed by atoms with E-state index in [2.05, 4.69) is 30.8 Å². The number of anilines is 2. The van der Waals surface area contributed by atoms with E-state index in [0.717, 1.165) is 0 Å². The minimum Gasteiger partial charge on any atom is -0.383 e. The van der Waals surface area contributed by atoms with E-state index in [1.165, 1.54) is 12.4 Å². The quantitative estimate of drug-likeness (QED) is 0.619. The maximum atomic E-state index is 12.4. The molecule has 9 nitrogen and oxygen atoms in total. The minimum atomic E-state index is -0.721. The Morgan fingerprint density at radius 3 is 2.71 bits per heavy atom. The molecule has 5 N–H and O–H groups in total. The molecule has 128 valence electrons. The van der Waals surface area contributed by atoms with Gasteiger partial charge in [-0.25, -0.2) is 9.97 Å². The number of nitrogens with one attached hydrogen (secondary N) is 3. The van der Waals surface area contributed by atoms with E-state index < -0.39 is 11.9 Å². The molecular weight excluding hydrogens is 310 g/mol. The van der Waals surface area contributed by atoms with Gasteiger partial charge in [-0.05, 0) is 19.3 Å². The van der Waals surface area contributed by atoms with Crippen LogP contribution in [0.2, 0.25) is 0 Å². The number of nitrogen functional groups attached to an aromatic ring is 1. The van der Waals surface area contributed by atoms with Gasteiger partial charge in [0.25, 0.3) is 5.91 Å². The zero-order valence-electron chi connectivity index (χ0n) is 13.8. The van der Waals surface area contributed by atoms with Crippen LogP contribution in [0.25, 0.3) is 0 Å². The lowest BCUT2D eigenvalue weighted by Gasteiger charge is -2.20. The van der Waals surface area contributed by atoms with E-state index in [0.29, 0.717) is 18.1 Å². The molecule has 0 radical (unpaired) electrons. The van der Waals surface area contributed by atoms with Crippen LogP contribution in [-0.4, -0.2) is 38.0 Å². The highest BCUT2D eigenvalue weighted by atomic mass is 16.2. The molecule has 1 atom stereocenters. The number of hydrogen-bond acceptors (Lipinski definition) is 6. The predicted octanol–water partition coefficient (Wildman–Crippen LogP) is 0.874. The Morgan fingerprint density at radius 2 is 2.12 bits per heavy atom. The standard InChI is InChI=1S/C15H21N7O2/c1-8(2)6-11(15(24)21-12-4-5-18-22-12)20-14(23)10-7-17-9(3)19-13(10)16/h4-5,7-8,11H,6H2,1-3H3,(H,20,23)(H2,16,17,19)(H2,18,21,22,24). The Morgan fingerprint density at radius 1 is 1.38 bits per heavy atom. The van der Waals surface area contributed by atoms with Crippen molar-refractivity contribution in [2.75, 3.05) is 11.1 Å². The number of rotatable bonds is 6. The summed E-state index contributed by atoms with van der Waals surface area (Å²) in [7, 11) is 0. The van der Waals surface area contributed by atoms with Crippen molar-refractivity contribution in [3.05, 3.63) is 29.8 Å². The van der Waals surface area contributed by atoms with E-state index in [9.17, 15) is 9.59 Å². The first-order chi connectivity index (χ1) is 11.4. The lowest BCUT2D eigenvalue weighted by atomic mass is 10.0. The molecule has 9 heteroatoms. The second-order valence-corrected chi connectivity index (χ2v) is 5.83. The third-order valence-corrected chi connectivity index (χ3v) is 3.27. The number of aryl methyl sites for hydroxylation is 1. The summed E-state index contributed by atoms with van der Waals surface area (Å²) in [5.41, 5.74) is 5.90. The van der Waals surface area contributed by atoms with Crippen molar-refractivity contribution < 1.29 is 9.59 Å². The van der Waals surface area contributed by atoms with Crippen molar-refractivity contribution in [3.63, 3.8) is 0 Å². The molecule has 0 fully saturated rings. The maximum Gasteiger partial charge on any atom is 0.257 e. The third kappa shape index (κ3) is 4.51. The van der Waals surface area contributed by atoms with Crippen LogP contribution in [0, 0.1) is 12.8 Å². The van der Waals surface area contributed by atoms with Crippen LogP contribution in [0.3, 0.4) is 0 Å². The fourth-order valence-electron chi connectivity index (χ4n) is 2.15. The van der Waals surface area contributed by atoms with E-state index in [4.69, 9.17) is 5.73 Å². The van der Waals surface area contributed by atoms with Crippen LogP contribution in [0.4, 0.5) is 11.6 Å². The molecule has 0 bridgehead atoms. The summed E-state index contributed by atoms with van der Waals surface area (Å²) in [6, 6.07) is 0.902. The van der Waals surface area contributed by atoms with Gasteiger partial charge < -0.3 is 16.4 Å². The van der Waals surface area contributed by atoms with Gasteiger partial charge in [0, 0.05) is 12.3 Å². The Kier molecular flexibility index (Phi) is 5.46. The number of H-pyrrole nitrogens is 1. The summed E-state index contributed by atoms with van der Waals surface area (Å²) < 4.78 is 0. The average molecular weight is 331 g/mol. The molecule has 0 aromatic carbocycles. The molecule has 2 aromatic rings. The molecule has 0 aliphatic rings. The Bertz CT molecular complexity index is 713. The third-order valence-electron chi connectivity index (χ3n) is 3.27. The normalized spacial score (nSPS) is 12.0. The summed E-state index contributed by atoms with van der Waals surface area (Å²) in [5, 5.41) is 11.8. The highest BCUT2D eigenvalue weighted by molar-refractivity contribution is 6.02. The first kappa shape index (κ1) is 17.4. The molecule has 2 heterocycles. The van der Waals surface area contributed by atoms with Gasteiger partial charge in [-0.3, -0.25) is 14.7 Å². The van der Waals surface area contributed by atoms with E-state index in [1.54, 1.807) is 13.0 Å². The van der Waals surface area contributed by atoms with Crippen LogP contribution in [0.1, 0.15) is 36.5 Å². The summed E-state index contributed by atoms with van der Waals surface area (Å²) in [6.45, 7) is 5.61. The number of hydrogen-bond donors (Lipinski definition) is 4. The predicted molar refractivity (Wildman–Crippen MR) is 89.1 cm³/mol. The van der Waals surface area contributed by atoms with Gasteiger partial charge in [0.05, 0.1) is 11.8 Å². The molecule has 0 saturated carbocycles. The molecule has 0 saturated heterocycles. The van der Waals surface area contributed by atoms with Crippen LogP contribution >= 0.6 is 0 Å². The summed E-state index contributed by atoms with van der Waals surface area (Å²) >= 11 is 0. The van der Waals surface area contributed by atoms with Crippen LogP contribution in [-0.2, 0) is 4.79 Å². The zero-order chi connectivity index (χ0) is 17.7. The molecule has 24 heavy (non-hydrogen) atoms. The minimum absolute atomic E-state index is 0.0808. The molecular formula is C15H21N7O2. The van der Waals surface area contributed by atoms with E-state index in [1.807, 2.05) is 13.8 Å². The van der Waals surface area contributed by atoms with Gasteiger partial charge in [-0.1, -0.05) is 13.8 Å². The summed E-state index contributed by atoms with van der Waals surface area (Å²) in [5.74, 6) is 0.387. The van der Waals surface area contributed by atoms with Gasteiger partial charge in [0.2, 0.25) is 5.91 Å². The molecule has 0 aliphatic carbocycles. The fraction of sp³-hybridized carbons (Fsp3) is 0.400. The monoisotopic (exact) mass is 331 g/mol. The number of carbonyl (C=O) groups is 2. The number of nitrogens with zero attached hydrogens (tertiary/aromatic N) is 3. The van der Waals surface area contributed by atoms with Crippen LogP contribution in [0.15, 0.2) is 18.5 Å². The van der Waals surface area contributed by atoms with Crippen LogP contribution in [0.5, 0.6) is 0 Å². The molecule has 2 rings (SSSR count). The average Bonchev–Trinajstić information content (AvgIpc) is 2.98. The second kappa shape index (κ2) is 7.53. The number of aromatic nitrogens is 4. The number of nitrogens with two attached hydrogens (primary N) is 1. The Balaban J connectivity index is 2.12. The molecule has 2 aromatic heterocycles. The Labute approximate surface area is 139 Å². The van der Waals surface area contributed by atoms with Gasteiger partial charge in [-0.2, -0.15) is 5.10 Å². The summed E-state index contributed by atoms with van der Waals surface area (Å²) in [4.78, 5) is 32.7. The van der Waals surface area contributed by atoms with Gasteiger partial charge in [-0.15, -0.1) is 0 Å². The summed E-state index contributed by atoms with van der Waals surface area (Å²) in [6.07, 6.45) is 3.35. The smallest absolute Gasteiger partial charge is 0.257 e. The van der Waals surface area contributed by atoms with Crippen molar-refractivity contribution in [1.82, 2.24) is 25.5 Å². The Hall–Kier alpha value is -2.97. The first-order valence-electron chi connectivity index (χ1n) is 7.57. The number of amides is 2. The molecule has 1 unspecified atom stereocenters. The van der Waals surface area contributed by atoms with Crippen molar-refractivity contribution in [3.8, 4) is 0 Å². The van der Waals surface area contributed by atoms with Crippen LogP contribution < -0.4 is 16.4 Å². The lowest BCUT2D eigenvalue weighted by molar-refractivity contribution is -0.118. The largest absolute Gasteiger partial charge is 0.383 e. The second-order valence-electron chi connectivity index (χ2n) is 5.83. The van der Waals surface area contributed by atoms with Crippen molar-refractivity contribution in [2.24, 2.45) is 5.92 Å². The maximum absolute atomic E-state index is 12.4. The molecule has 0 aliphatic heterocycles. The first-order valence-corrected chi connectivity index (χ1v) is 7.57. The highest BCUT2D eigenvalue weighted by Gasteiger charge is 2.24. The number of carbonyl (C=O) groups excluding carboxylic acids is 2. The topological polar surface area (TPSA) is 139 Å². The zero-order valence-corrected chi connectivity index (χ0v) is 13.8. The van der Waals surface area contributed by atoms with Gasteiger partial charge >= 0.3 is 0 Å². The van der Waals surface area contributed by atoms with E-state index in [-0.39, 0.29) is 23.2 Å². The van der Waals surface area contributed by atoms with Gasteiger partial charge in [0.15, 0.2) is 0 Å². The SMILES string of the molecule is Cc1ncc(C(=O)NC(CC(C)C)C(=O)Nc2ccn[nH]2)c(N)n1. The molecule has 2 amide bonds. The van der Waals surface area contributed by atoms with E-state index >= 15 is 0 Å². The van der Waals surface area contributed by atoms with Crippen molar-refractivity contribution in [2.45, 2.75) is 33.2 Å². The fourth-order valence-corrected chi connectivity index (χ4v) is 2.15. The van der Waals surface area contributed by atoms with Gasteiger partial charge in [0.1, 0.15) is 23.5 Å². The lowest BCUT2D eigenvalue weighted by Crippen LogP contribution is -2.45. The van der Waals surface area contributed by atoms with Crippen molar-refractivity contribution >= 4 is 23.5 Å². The number of aromatic amines is 1. The molecule has 0 spiro atoms. The van der Waals surface area contributed by atoms with Crippen molar-refractivity contribution in [1.29, 1.82) is 0 Å². The highest BCUT2D eigenvalue weighted by Crippen LogP contribution is 2.11.